The van der Waals surface area contributed by atoms with Crippen LogP contribution in [-0.2, 0) is 16.1 Å². The molecule has 0 saturated heterocycles. The molecule has 144 valence electrons. The lowest BCUT2D eigenvalue weighted by molar-refractivity contribution is -0.133. The molecule has 2 aromatic carbocycles. The third-order valence-electron chi connectivity index (χ3n) is 4.27. The molecule has 2 aromatic rings. The SMILES string of the molecule is C[C@H](NC(=O)OCc1ccccc1)C(=O)N(C)[C@H](C)c1ccc(F)c(F)c1. The van der Waals surface area contributed by atoms with Crippen molar-refractivity contribution >= 4 is 12.0 Å². The Labute approximate surface area is 156 Å². The Hall–Kier alpha value is -2.96. The van der Waals surface area contributed by atoms with Crippen LogP contribution in [-0.4, -0.2) is 30.0 Å². The van der Waals surface area contributed by atoms with E-state index in [4.69, 9.17) is 4.74 Å². The van der Waals surface area contributed by atoms with Crippen LogP contribution in [0.2, 0.25) is 0 Å². The van der Waals surface area contributed by atoms with Gasteiger partial charge in [-0.25, -0.2) is 13.6 Å². The average Bonchev–Trinajstić information content (AvgIpc) is 2.67. The van der Waals surface area contributed by atoms with E-state index in [1.165, 1.54) is 24.9 Å². The lowest BCUT2D eigenvalue weighted by atomic mass is 10.1. The number of carbonyl (C=O) groups is 2. The molecular weight excluding hydrogens is 354 g/mol. The first-order valence-corrected chi connectivity index (χ1v) is 8.48. The highest BCUT2D eigenvalue weighted by atomic mass is 19.2. The van der Waals surface area contributed by atoms with Gasteiger partial charge in [-0.2, -0.15) is 0 Å². The molecular formula is C20H22F2N2O3. The quantitative estimate of drug-likeness (QED) is 0.834. The monoisotopic (exact) mass is 376 g/mol. The summed E-state index contributed by atoms with van der Waals surface area (Å²) in [5.41, 5.74) is 1.28. The van der Waals surface area contributed by atoms with E-state index in [1.54, 1.807) is 6.92 Å². The van der Waals surface area contributed by atoms with E-state index >= 15 is 0 Å². The van der Waals surface area contributed by atoms with Gasteiger partial charge in [0.2, 0.25) is 5.91 Å². The van der Waals surface area contributed by atoms with Gasteiger partial charge in [0.15, 0.2) is 11.6 Å². The minimum absolute atomic E-state index is 0.0919. The van der Waals surface area contributed by atoms with Gasteiger partial charge in [0.1, 0.15) is 12.6 Å². The van der Waals surface area contributed by atoms with Crippen LogP contribution in [0.5, 0.6) is 0 Å². The molecule has 0 bridgehead atoms. The maximum atomic E-state index is 13.4. The van der Waals surface area contributed by atoms with Gasteiger partial charge in [0.25, 0.3) is 0 Å². The van der Waals surface area contributed by atoms with Crippen LogP contribution >= 0.6 is 0 Å². The third-order valence-corrected chi connectivity index (χ3v) is 4.27. The summed E-state index contributed by atoms with van der Waals surface area (Å²) in [7, 11) is 1.53. The third kappa shape index (κ3) is 5.51. The number of nitrogens with zero attached hydrogens (tertiary/aromatic N) is 1. The van der Waals surface area contributed by atoms with Crippen molar-refractivity contribution in [1.82, 2.24) is 10.2 Å². The molecule has 0 aromatic heterocycles. The summed E-state index contributed by atoms with van der Waals surface area (Å²) in [5, 5.41) is 2.47. The minimum atomic E-state index is -0.976. The molecule has 7 heteroatoms. The zero-order valence-electron chi connectivity index (χ0n) is 15.4. The summed E-state index contributed by atoms with van der Waals surface area (Å²) < 4.78 is 31.6. The molecule has 0 aliphatic rings. The highest BCUT2D eigenvalue weighted by molar-refractivity contribution is 5.85. The zero-order valence-corrected chi connectivity index (χ0v) is 15.4. The number of likely N-dealkylation sites (N-methyl/N-ethyl adjacent to an activating group) is 1. The standard InChI is InChI=1S/C20H22F2N2O3/c1-13(23-20(26)27-12-15-7-5-4-6-8-15)19(25)24(3)14(2)16-9-10-17(21)18(22)11-16/h4-11,13-14H,12H2,1-3H3,(H,23,26)/t13-,14+/m0/s1. The molecule has 27 heavy (non-hydrogen) atoms. The number of alkyl carbamates (subject to hydrolysis) is 1. The molecule has 0 spiro atoms. The van der Waals surface area contributed by atoms with Crippen molar-refractivity contribution in [1.29, 1.82) is 0 Å². The van der Waals surface area contributed by atoms with Crippen LogP contribution in [0.4, 0.5) is 13.6 Å². The predicted octanol–water partition coefficient (Wildman–Crippen LogP) is 3.80. The van der Waals surface area contributed by atoms with Crippen LogP contribution in [0, 0.1) is 11.6 Å². The molecule has 0 unspecified atom stereocenters. The van der Waals surface area contributed by atoms with Crippen LogP contribution in [0.15, 0.2) is 48.5 Å². The number of hydrogen-bond acceptors (Lipinski definition) is 3. The molecule has 0 aliphatic carbocycles. The second-order valence-corrected chi connectivity index (χ2v) is 6.23. The summed E-state index contributed by atoms with van der Waals surface area (Å²) in [6, 6.07) is 11.3. The smallest absolute Gasteiger partial charge is 0.408 e. The van der Waals surface area contributed by atoms with Crippen molar-refractivity contribution in [3.8, 4) is 0 Å². The van der Waals surface area contributed by atoms with Crippen molar-refractivity contribution in [3.63, 3.8) is 0 Å². The first kappa shape index (κ1) is 20.4. The van der Waals surface area contributed by atoms with Crippen molar-refractivity contribution in [2.24, 2.45) is 0 Å². The second kappa shape index (κ2) is 9.12. The van der Waals surface area contributed by atoms with E-state index < -0.39 is 29.8 Å². The van der Waals surface area contributed by atoms with E-state index in [2.05, 4.69) is 5.32 Å². The Morgan fingerprint density at radius 1 is 1.07 bits per heavy atom. The van der Waals surface area contributed by atoms with Gasteiger partial charge in [-0.3, -0.25) is 4.79 Å². The summed E-state index contributed by atoms with van der Waals surface area (Å²) in [5.74, 6) is -2.31. The number of nitrogens with one attached hydrogen (secondary N) is 1. The van der Waals surface area contributed by atoms with Gasteiger partial charge in [0, 0.05) is 7.05 Å². The molecule has 0 fully saturated rings. The molecule has 0 radical (unpaired) electrons. The van der Waals surface area contributed by atoms with Gasteiger partial charge in [-0.05, 0) is 37.1 Å². The first-order chi connectivity index (χ1) is 12.8. The topological polar surface area (TPSA) is 58.6 Å². The number of benzene rings is 2. The van der Waals surface area contributed by atoms with Crippen LogP contribution in [0.3, 0.4) is 0 Å². The maximum Gasteiger partial charge on any atom is 0.408 e. The molecule has 0 heterocycles. The lowest BCUT2D eigenvalue weighted by Gasteiger charge is -2.28. The van der Waals surface area contributed by atoms with Crippen molar-refractivity contribution in [3.05, 3.63) is 71.3 Å². The van der Waals surface area contributed by atoms with Gasteiger partial charge in [-0.15, -0.1) is 0 Å². The largest absolute Gasteiger partial charge is 0.445 e. The second-order valence-electron chi connectivity index (χ2n) is 6.23. The van der Waals surface area contributed by atoms with E-state index in [-0.39, 0.29) is 12.5 Å². The molecule has 1 N–H and O–H groups in total. The minimum Gasteiger partial charge on any atom is -0.445 e. The van der Waals surface area contributed by atoms with Crippen molar-refractivity contribution in [2.45, 2.75) is 32.5 Å². The predicted molar refractivity (Wildman–Crippen MR) is 96.8 cm³/mol. The fourth-order valence-corrected chi connectivity index (χ4v) is 2.50. The average molecular weight is 376 g/mol. The Kier molecular flexibility index (Phi) is 6.87. The summed E-state index contributed by atoms with van der Waals surface area (Å²) in [4.78, 5) is 25.7. The fraction of sp³-hybridized carbons (Fsp3) is 0.300. The molecule has 2 amide bonds. The Balaban J connectivity index is 1.90. The number of ether oxygens (including phenoxy) is 1. The number of amides is 2. The number of halogens is 2. The highest BCUT2D eigenvalue weighted by Crippen LogP contribution is 2.21. The summed E-state index contributed by atoms with van der Waals surface area (Å²) >= 11 is 0. The first-order valence-electron chi connectivity index (χ1n) is 8.48. The molecule has 2 rings (SSSR count). The van der Waals surface area contributed by atoms with Crippen molar-refractivity contribution < 1.29 is 23.1 Å². The van der Waals surface area contributed by atoms with Crippen LogP contribution in [0.1, 0.15) is 31.0 Å². The number of hydrogen-bond donors (Lipinski definition) is 1. The van der Waals surface area contributed by atoms with Crippen LogP contribution < -0.4 is 5.32 Å². The van der Waals surface area contributed by atoms with E-state index in [0.29, 0.717) is 5.56 Å². The zero-order chi connectivity index (χ0) is 20.0. The molecule has 0 saturated carbocycles. The van der Waals surface area contributed by atoms with Gasteiger partial charge >= 0.3 is 6.09 Å². The van der Waals surface area contributed by atoms with Gasteiger partial charge in [0.05, 0.1) is 6.04 Å². The Morgan fingerprint density at radius 2 is 1.74 bits per heavy atom. The van der Waals surface area contributed by atoms with Gasteiger partial charge < -0.3 is 15.0 Å². The van der Waals surface area contributed by atoms with Crippen LogP contribution in [0.25, 0.3) is 0 Å². The van der Waals surface area contributed by atoms with E-state index in [9.17, 15) is 18.4 Å². The summed E-state index contributed by atoms with van der Waals surface area (Å²) in [6.07, 6.45) is -0.714. The summed E-state index contributed by atoms with van der Waals surface area (Å²) in [6.45, 7) is 3.31. The lowest BCUT2D eigenvalue weighted by Crippen LogP contribution is -2.46. The Bertz CT molecular complexity index is 799. The molecule has 0 aliphatic heterocycles. The van der Waals surface area contributed by atoms with E-state index in [0.717, 1.165) is 17.7 Å². The molecule has 2 atom stereocenters. The van der Waals surface area contributed by atoms with Gasteiger partial charge in [-0.1, -0.05) is 36.4 Å². The maximum absolute atomic E-state index is 13.4. The highest BCUT2D eigenvalue weighted by Gasteiger charge is 2.24. The number of rotatable bonds is 6. The number of carbonyl (C=O) groups excluding carboxylic acids is 2. The Morgan fingerprint density at radius 3 is 2.37 bits per heavy atom. The van der Waals surface area contributed by atoms with Crippen molar-refractivity contribution in [2.75, 3.05) is 7.05 Å². The normalized spacial score (nSPS) is 12.8. The molecule has 5 nitrogen and oxygen atoms in total. The van der Waals surface area contributed by atoms with E-state index in [1.807, 2.05) is 30.3 Å². The fourth-order valence-electron chi connectivity index (χ4n) is 2.50.